The van der Waals surface area contributed by atoms with Crippen molar-refractivity contribution < 1.29 is 4.42 Å². The quantitative estimate of drug-likeness (QED) is 0.780. The number of nitrogens with one attached hydrogen (secondary N) is 1. The maximum absolute atomic E-state index is 5.60. The van der Waals surface area contributed by atoms with Crippen molar-refractivity contribution in [3.05, 3.63) is 23.7 Å². The van der Waals surface area contributed by atoms with E-state index in [9.17, 15) is 0 Å². The minimum atomic E-state index is 0.767. The average Bonchev–Trinajstić information content (AvgIpc) is 2.43. The van der Waals surface area contributed by atoms with Crippen LogP contribution in [-0.4, -0.2) is 13.1 Å². The molecule has 0 saturated carbocycles. The van der Waals surface area contributed by atoms with Crippen LogP contribution in [0, 0.1) is 12.8 Å². The molecule has 0 radical (unpaired) electrons. The molecule has 1 aliphatic heterocycles. The Labute approximate surface area is 85.7 Å². The first kappa shape index (κ1) is 9.78. The molecule has 1 atom stereocenters. The molecule has 14 heavy (non-hydrogen) atoms. The van der Waals surface area contributed by atoms with Crippen molar-refractivity contribution in [2.75, 3.05) is 13.1 Å². The smallest absolute Gasteiger partial charge is 0.104 e. The van der Waals surface area contributed by atoms with Gasteiger partial charge in [-0.2, -0.15) is 0 Å². The Morgan fingerprint density at radius 1 is 1.43 bits per heavy atom. The van der Waals surface area contributed by atoms with Crippen LogP contribution in [0.15, 0.2) is 16.5 Å². The summed E-state index contributed by atoms with van der Waals surface area (Å²) >= 11 is 0. The molecule has 2 heteroatoms. The first-order valence-electron chi connectivity index (χ1n) is 5.60. The molecule has 2 rings (SSSR count). The molecule has 1 aromatic rings. The van der Waals surface area contributed by atoms with Gasteiger partial charge in [0.05, 0.1) is 0 Å². The summed E-state index contributed by atoms with van der Waals surface area (Å²) in [7, 11) is 0. The first-order chi connectivity index (χ1) is 6.84. The van der Waals surface area contributed by atoms with Gasteiger partial charge in [0, 0.05) is 6.42 Å². The second-order valence-electron chi connectivity index (χ2n) is 4.28. The molecule has 78 valence electrons. The fourth-order valence-electron chi connectivity index (χ4n) is 2.14. The molecule has 1 fully saturated rings. The highest BCUT2D eigenvalue weighted by Gasteiger charge is 2.13. The molecule has 1 unspecified atom stereocenters. The summed E-state index contributed by atoms with van der Waals surface area (Å²) in [5.41, 5.74) is 0. The lowest BCUT2D eigenvalue weighted by Crippen LogP contribution is -2.21. The summed E-state index contributed by atoms with van der Waals surface area (Å²) in [6.45, 7) is 4.35. The van der Waals surface area contributed by atoms with Gasteiger partial charge in [-0.1, -0.05) is 6.42 Å². The van der Waals surface area contributed by atoms with E-state index in [-0.39, 0.29) is 0 Å². The summed E-state index contributed by atoms with van der Waals surface area (Å²) < 4.78 is 5.60. The second-order valence-corrected chi connectivity index (χ2v) is 4.28. The fourth-order valence-corrected chi connectivity index (χ4v) is 2.14. The molecule has 2 heterocycles. The zero-order chi connectivity index (χ0) is 9.80. The third-order valence-corrected chi connectivity index (χ3v) is 2.93. The lowest BCUT2D eigenvalue weighted by molar-refractivity contribution is 0.406. The highest BCUT2D eigenvalue weighted by Crippen LogP contribution is 2.18. The summed E-state index contributed by atoms with van der Waals surface area (Å²) in [6.07, 6.45) is 5.12. The topological polar surface area (TPSA) is 25.2 Å². The SMILES string of the molecule is Cc1ccc(CC2CCCCNC2)o1. The maximum Gasteiger partial charge on any atom is 0.104 e. The fraction of sp³-hybridized carbons (Fsp3) is 0.667. The van der Waals surface area contributed by atoms with Gasteiger partial charge in [-0.15, -0.1) is 0 Å². The first-order valence-corrected chi connectivity index (χ1v) is 5.60. The van der Waals surface area contributed by atoms with Crippen molar-refractivity contribution in [1.29, 1.82) is 0 Å². The van der Waals surface area contributed by atoms with Crippen LogP contribution < -0.4 is 5.32 Å². The van der Waals surface area contributed by atoms with Crippen molar-refractivity contribution >= 4 is 0 Å². The van der Waals surface area contributed by atoms with Crippen LogP contribution in [0.2, 0.25) is 0 Å². The van der Waals surface area contributed by atoms with E-state index in [1.54, 1.807) is 0 Å². The predicted octanol–water partition coefficient (Wildman–Crippen LogP) is 2.52. The normalized spacial score (nSPS) is 23.4. The van der Waals surface area contributed by atoms with Gasteiger partial charge in [0.2, 0.25) is 0 Å². The van der Waals surface area contributed by atoms with Gasteiger partial charge in [-0.05, 0) is 50.9 Å². The average molecular weight is 193 g/mol. The maximum atomic E-state index is 5.60. The third kappa shape index (κ3) is 2.61. The van der Waals surface area contributed by atoms with E-state index in [2.05, 4.69) is 17.4 Å². The van der Waals surface area contributed by atoms with Crippen LogP contribution in [0.3, 0.4) is 0 Å². The summed E-state index contributed by atoms with van der Waals surface area (Å²) in [4.78, 5) is 0. The molecule has 1 N–H and O–H groups in total. The predicted molar refractivity (Wildman–Crippen MR) is 57.4 cm³/mol. The van der Waals surface area contributed by atoms with Gasteiger partial charge in [0.15, 0.2) is 0 Å². The van der Waals surface area contributed by atoms with Gasteiger partial charge in [-0.25, -0.2) is 0 Å². The molecule has 0 spiro atoms. The Balaban J connectivity index is 1.89. The minimum Gasteiger partial charge on any atom is -0.466 e. The number of rotatable bonds is 2. The molecule has 0 aliphatic carbocycles. The number of furan rings is 1. The van der Waals surface area contributed by atoms with Crippen molar-refractivity contribution in [3.8, 4) is 0 Å². The molecule has 0 aromatic carbocycles. The van der Waals surface area contributed by atoms with Crippen molar-refractivity contribution in [3.63, 3.8) is 0 Å². The Bertz CT molecular complexity index is 272. The standard InChI is InChI=1S/C12H19NO/c1-10-5-6-12(14-10)8-11-4-2-3-7-13-9-11/h5-6,11,13H,2-4,7-9H2,1H3. The Morgan fingerprint density at radius 2 is 2.36 bits per heavy atom. The van der Waals surface area contributed by atoms with E-state index in [0.29, 0.717) is 0 Å². The molecular formula is C12H19NO. The summed E-state index contributed by atoms with van der Waals surface area (Å²) in [6, 6.07) is 4.17. The lowest BCUT2D eigenvalue weighted by Gasteiger charge is -2.11. The third-order valence-electron chi connectivity index (χ3n) is 2.93. The van der Waals surface area contributed by atoms with Gasteiger partial charge in [0.1, 0.15) is 11.5 Å². The van der Waals surface area contributed by atoms with Gasteiger partial charge < -0.3 is 9.73 Å². The van der Waals surface area contributed by atoms with E-state index in [4.69, 9.17) is 4.42 Å². The summed E-state index contributed by atoms with van der Waals surface area (Å²) in [5, 5.41) is 3.48. The van der Waals surface area contributed by atoms with Crippen LogP contribution >= 0.6 is 0 Å². The molecule has 0 amide bonds. The van der Waals surface area contributed by atoms with Crippen LogP contribution in [0.25, 0.3) is 0 Å². The van der Waals surface area contributed by atoms with Crippen molar-refractivity contribution in [1.82, 2.24) is 5.32 Å². The number of hydrogen-bond acceptors (Lipinski definition) is 2. The molecular weight excluding hydrogens is 174 g/mol. The highest BCUT2D eigenvalue weighted by molar-refractivity contribution is 5.06. The molecule has 1 aromatic heterocycles. The van der Waals surface area contributed by atoms with Crippen molar-refractivity contribution in [2.24, 2.45) is 5.92 Å². The van der Waals surface area contributed by atoms with E-state index in [0.717, 1.165) is 30.4 Å². The van der Waals surface area contributed by atoms with Crippen LogP contribution in [0.4, 0.5) is 0 Å². The second kappa shape index (κ2) is 4.65. The van der Waals surface area contributed by atoms with E-state index < -0.39 is 0 Å². The number of aryl methyl sites for hydroxylation is 1. The largest absolute Gasteiger partial charge is 0.466 e. The Kier molecular flexibility index (Phi) is 3.25. The van der Waals surface area contributed by atoms with E-state index in [1.807, 2.05) is 6.92 Å². The van der Waals surface area contributed by atoms with Gasteiger partial charge >= 0.3 is 0 Å². The Hall–Kier alpha value is -0.760. The monoisotopic (exact) mass is 193 g/mol. The Morgan fingerprint density at radius 3 is 3.14 bits per heavy atom. The van der Waals surface area contributed by atoms with Crippen LogP contribution in [0.1, 0.15) is 30.8 Å². The minimum absolute atomic E-state index is 0.767. The zero-order valence-electron chi connectivity index (χ0n) is 8.88. The lowest BCUT2D eigenvalue weighted by atomic mass is 9.98. The van der Waals surface area contributed by atoms with E-state index in [1.165, 1.54) is 25.8 Å². The van der Waals surface area contributed by atoms with Crippen molar-refractivity contribution in [2.45, 2.75) is 32.6 Å². The molecule has 1 saturated heterocycles. The van der Waals surface area contributed by atoms with E-state index >= 15 is 0 Å². The molecule has 1 aliphatic rings. The number of hydrogen-bond donors (Lipinski definition) is 1. The van der Waals surface area contributed by atoms with Gasteiger partial charge in [0.25, 0.3) is 0 Å². The highest BCUT2D eigenvalue weighted by atomic mass is 16.3. The molecule has 2 nitrogen and oxygen atoms in total. The summed E-state index contributed by atoms with van der Waals surface area (Å²) in [5.74, 6) is 2.95. The van der Waals surface area contributed by atoms with Crippen LogP contribution in [-0.2, 0) is 6.42 Å². The van der Waals surface area contributed by atoms with Crippen LogP contribution in [0.5, 0.6) is 0 Å². The molecule has 0 bridgehead atoms. The van der Waals surface area contributed by atoms with Gasteiger partial charge in [-0.3, -0.25) is 0 Å². The zero-order valence-corrected chi connectivity index (χ0v) is 8.88.